The maximum absolute atomic E-state index is 12.4. The minimum atomic E-state index is 0.0264. The Labute approximate surface area is 165 Å². The van der Waals surface area contributed by atoms with Crippen molar-refractivity contribution in [2.45, 2.75) is 18.9 Å². The lowest BCUT2D eigenvalue weighted by atomic mass is 10.0. The van der Waals surface area contributed by atoms with Crippen LogP contribution >= 0.6 is 11.6 Å². The van der Waals surface area contributed by atoms with E-state index in [2.05, 4.69) is 16.3 Å². The average molecular weight is 388 g/mol. The summed E-state index contributed by atoms with van der Waals surface area (Å²) < 4.78 is 5.47. The van der Waals surface area contributed by atoms with E-state index in [9.17, 15) is 4.79 Å². The minimum absolute atomic E-state index is 0.0264. The summed E-state index contributed by atoms with van der Waals surface area (Å²) in [5.41, 5.74) is 8.80. The van der Waals surface area contributed by atoms with E-state index in [1.807, 2.05) is 42.5 Å². The lowest BCUT2D eigenvalue weighted by Gasteiger charge is -2.35. The zero-order valence-corrected chi connectivity index (χ0v) is 16.1. The summed E-state index contributed by atoms with van der Waals surface area (Å²) in [7, 11) is 0. The lowest BCUT2D eigenvalue weighted by Crippen LogP contribution is -2.43. The SMILES string of the molecule is Nc1ccccc1CCC(=O)NCC(c1cccc(Cl)c1)N1CCOCC1. The van der Waals surface area contributed by atoms with Crippen LogP contribution in [-0.2, 0) is 16.0 Å². The molecule has 5 nitrogen and oxygen atoms in total. The molecule has 27 heavy (non-hydrogen) atoms. The second-order valence-electron chi connectivity index (χ2n) is 6.72. The van der Waals surface area contributed by atoms with Gasteiger partial charge in [-0.1, -0.05) is 41.9 Å². The van der Waals surface area contributed by atoms with Crippen molar-refractivity contribution in [3.63, 3.8) is 0 Å². The first-order chi connectivity index (χ1) is 13.1. The monoisotopic (exact) mass is 387 g/mol. The summed E-state index contributed by atoms with van der Waals surface area (Å²) >= 11 is 6.18. The van der Waals surface area contributed by atoms with Crippen LogP contribution in [0.15, 0.2) is 48.5 Å². The van der Waals surface area contributed by atoms with Crippen LogP contribution < -0.4 is 11.1 Å². The van der Waals surface area contributed by atoms with E-state index in [0.717, 1.165) is 29.9 Å². The third-order valence-corrected chi connectivity index (χ3v) is 5.12. The van der Waals surface area contributed by atoms with Crippen LogP contribution in [0.2, 0.25) is 5.02 Å². The Morgan fingerprint density at radius 2 is 1.96 bits per heavy atom. The van der Waals surface area contributed by atoms with Crippen molar-refractivity contribution >= 4 is 23.2 Å². The van der Waals surface area contributed by atoms with Crippen molar-refractivity contribution in [3.05, 3.63) is 64.7 Å². The zero-order chi connectivity index (χ0) is 19.1. The molecule has 1 saturated heterocycles. The second kappa shape index (κ2) is 9.74. The number of anilines is 1. The minimum Gasteiger partial charge on any atom is -0.399 e. The molecule has 2 aromatic carbocycles. The Morgan fingerprint density at radius 3 is 2.70 bits per heavy atom. The molecule has 0 spiro atoms. The molecule has 1 amide bonds. The quantitative estimate of drug-likeness (QED) is 0.716. The van der Waals surface area contributed by atoms with Crippen molar-refractivity contribution in [2.24, 2.45) is 0 Å². The van der Waals surface area contributed by atoms with Crippen molar-refractivity contribution in [2.75, 3.05) is 38.6 Å². The predicted octanol–water partition coefficient (Wildman–Crippen LogP) is 3.04. The summed E-state index contributed by atoms with van der Waals surface area (Å²) in [6.45, 7) is 3.64. The first kappa shape index (κ1) is 19.7. The number of carbonyl (C=O) groups excluding carboxylic acids is 1. The van der Waals surface area contributed by atoms with Gasteiger partial charge in [-0.25, -0.2) is 0 Å². The molecule has 1 aliphatic rings. The molecule has 1 heterocycles. The van der Waals surface area contributed by atoms with Gasteiger partial charge in [-0.05, 0) is 35.7 Å². The Bertz CT molecular complexity index is 763. The number of benzene rings is 2. The van der Waals surface area contributed by atoms with Crippen molar-refractivity contribution < 1.29 is 9.53 Å². The van der Waals surface area contributed by atoms with E-state index < -0.39 is 0 Å². The van der Waals surface area contributed by atoms with Crippen LogP contribution in [0, 0.1) is 0 Å². The van der Waals surface area contributed by atoms with Crippen molar-refractivity contribution in [3.8, 4) is 0 Å². The highest BCUT2D eigenvalue weighted by atomic mass is 35.5. The maximum atomic E-state index is 12.4. The molecule has 0 aromatic heterocycles. The number of halogens is 1. The topological polar surface area (TPSA) is 67.6 Å². The number of ether oxygens (including phenoxy) is 1. The molecule has 0 bridgehead atoms. The highest BCUT2D eigenvalue weighted by molar-refractivity contribution is 6.30. The second-order valence-corrected chi connectivity index (χ2v) is 7.16. The first-order valence-electron chi connectivity index (χ1n) is 9.31. The van der Waals surface area contributed by atoms with Gasteiger partial charge in [-0.2, -0.15) is 0 Å². The summed E-state index contributed by atoms with van der Waals surface area (Å²) in [4.78, 5) is 14.7. The number of rotatable bonds is 7. The Balaban J connectivity index is 1.60. The van der Waals surface area contributed by atoms with Gasteiger partial charge in [-0.15, -0.1) is 0 Å². The molecule has 2 aromatic rings. The predicted molar refractivity (Wildman–Crippen MR) is 109 cm³/mol. The summed E-state index contributed by atoms with van der Waals surface area (Å²) in [6.07, 6.45) is 1.05. The molecule has 3 rings (SSSR count). The van der Waals surface area contributed by atoms with Gasteiger partial charge in [0, 0.05) is 36.8 Å². The number of para-hydroxylation sites is 1. The number of nitrogens with one attached hydrogen (secondary N) is 1. The largest absolute Gasteiger partial charge is 0.399 e. The van der Waals surface area contributed by atoms with E-state index >= 15 is 0 Å². The molecule has 1 aliphatic heterocycles. The van der Waals surface area contributed by atoms with Crippen LogP contribution in [0.3, 0.4) is 0 Å². The van der Waals surface area contributed by atoms with Gasteiger partial charge in [0.1, 0.15) is 0 Å². The molecule has 0 radical (unpaired) electrons. The zero-order valence-electron chi connectivity index (χ0n) is 15.4. The number of nitrogen functional groups attached to an aromatic ring is 1. The number of hydrogen-bond acceptors (Lipinski definition) is 4. The molecule has 0 saturated carbocycles. The van der Waals surface area contributed by atoms with Crippen molar-refractivity contribution in [1.82, 2.24) is 10.2 Å². The van der Waals surface area contributed by atoms with E-state index in [1.54, 1.807) is 0 Å². The van der Waals surface area contributed by atoms with Gasteiger partial charge in [-0.3, -0.25) is 9.69 Å². The van der Waals surface area contributed by atoms with Gasteiger partial charge in [0.2, 0.25) is 5.91 Å². The van der Waals surface area contributed by atoms with Crippen LogP contribution in [-0.4, -0.2) is 43.7 Å². The molecular weight excluding hydrogens is 362 g/mol. The Morgan fingerprint density at radius 1 is 1.19 bits per heavy atom. The highest BCUT2D eigenvalue weighted by Crippen LogP contribution is 2.24. The number of morpholine rings is 1. The molecule has 0 aliphatic carbocycles. The molecule has 1 unspecified atom stereocenters. The third kappa shape index (κ3) is 5.70. The fraction of sp³-hybridized carbons (Fsp3) is 0.381. The molecule has 144 valence electrons. The average Bonchev–Trinajstić information content (AvgIpc) is 2.68. The van der Waals surface area contributed by atoms with E-state index in [1.165, 1.54) is 0 Å². The summed E-state index contributed by atoms with van der Waals surface area (Å²) in [5.74, 6) is 0.0264. The van der Waals surface area contributed by atoms with Crippen LogP contribution in [0.5, 0.6) is 0 Å². The molecule has 3 N–H and O–H groups in total. The normalized spacial score (nSPS) is 16.0. The van der Waals surface area contributed by atoms with Gasteiger partial charge < -0.3 is 15.8 Å². The van der Waals surface area contributed by atoms with E-state index in [0.29, 0.717) is 37.6 Å². The van der Waals surface area contributed by atoms with Gasteiger partial charge in [0.15, 0.2) is 0 Å². The number of aryl methyl sites for hydroxylation is 1. The fourth-order valence-corrected chi connectivity index (χ4v) is 3.57. The lowest BCUT2D eigenvalue weighted by molar-refractivity contribution is -0.121. The van der Waals surface area contributed by atoms with Crippen LogP contribution in [0.1, 0.15) is 23.6 Å². The Hall–Kier alpha value is -2.08. The summed E-state index contributed by atoms with van der Waals surface area (Å²) in [6, 6.07) is 15.6. The smallest absolute Gasteiger partial charge is 0.220 e. The number of carbonyl (C=O) groups is 1. The molecule has 1 atom stereocenters. The molecule has 1 fully saturated rings. The maximum Gasteiger partial charge on any atom is 0.220 e. The van der Waals surface area contributed by atoms with Gasteiger partial charge in [0.05, 0.1) is 19.3 Å². The molecular formula is C21H26ClN3O2. The van der Waals surface area contributed by atoms with Crippen LogP contribution in [0.25, 0.3) is 0 Å². The summed E-state index contributed by atoms with van der Waals surface area (Å²) in [5, 5.41) is 3.79. The van der Waals surface area contributed by atoms with Crippen LogP contribution in [0.4, 0.5) is 5.69 Å². The van der Waals surface area contributed by atoms with Gasteiger partial charge >= 0.3 is 0 Å². The van der Waals surface area contributed by atoms with E-state index in [4.69, 9.17) is 22.1 Å². The third-order valence-electron chi connectivity index (χ3n) is 4.89. The molecule has 6 heteroatoms. The number of nitrogens with zero attached hydrogens (tertiary/aromatic N) is 1. The van der Waals surface area contributed by atoms with Gasteiger partial charge in [0.25, 0.3) is 0 Å². The Kier molecular flexibility index (Phi) is 7.10. The van der Waals surface area contributed by atoms with Crippen molar-refractivity contribution in [1.29, 1.82) is 0 Å². The number of amides is 1. The first-order valence-corrected chi connectivity index (χ1v) is 9.68. The number of nitrogens with two attached hydrogens (primary N) is 1. The fourth-order valence-electron chi connectivity index (χ4n) is 3.37. The standard InChI is InChI=1S/C21H26ClN3O2/c22-18-6-3-5-17(14-18)20(25-10-12-27-13-11-25)15-24-21(26)9-8-16-4-1-2-7-19(16)23/h1-7,14,20H,8-13,15,23H2,(H,24,26). The highest BCUT2D eigenvalue weighted by Gasteiger charge is 2.23. The number of hydrogen-bond donors (Lipinski definition) is 2. The van der Waals surface area contributed by atoms with E-state index in [-0.39, 0.29) is 11.9 Å².